The molecule has 3 aromatic rings. The molecule has 0 radical (unpaired) electrons. The van der Waals surface area contributed by atoms with Gasteiger partial charge >= 0.3 is 0 Å². The predicted octanol–water partition coefficient (Wildman–Crippen LogP) is 4.45. The van der Waals surface area contributed by atoms with Crippen LogP contribution >= 0.6 is 0 Å². The molecule has 0 aliphatic rings. The summed E-state index contributed by atoms with van der Waals surface area (Å²) in [6, 6.07) is 17.3. The molecule has 142 valence electrons. The summed E-state index contributed by atoms with van der Waals surface area (Å²) in [6.45, 7) is 4.61. The molecule has 3 N–H and O–H groups in total. The normalized spacial score (nSPS) is 11.4. The van der Waals surface area contributed by atoms with Crippen molar-refractivity contribution in [2.75, 3.05) is 11.1 Å². The lowest BCUT2D eigenvalue weighted by molar-refractivity contribution is -0.111. The van der Waals surface area contributed by atoms with Crippen molar-refractivity contribution in [3.05, 3.63) is 89.3 Å². The van der Waals surface area contributed by atoms with Crippen LogP contribution in [0.3, 0.4) is 0 Å². The van der Waals surface area contributed by atoms with E-state index in [1.807, 2.05) is 48.9 Å². The van der Waals surface area contributed by atoms with E-state index >= 15 is 0 Å². The molecule has 0 atom stereocenters. The maximum absolute atomic E-state index is 12.2. The summed E-state index contributed by atoms with van der Waals surface area (Å²) < 4.78 is 1.93. The maximum atomic E-state index is 12.2. The Labute approximate surface area is 165 Å². The molecule has 0 aliphatic carbocycles. The SMILES string of the molecule is Cc1nn(CC=Cc2ccccc2)c(C)c1/C=C/C(=O)Nc1ccccc1N. The zero-order valence-electron chi connectivity index (χ0n) is 16.1. The molecule has 5 heteroatoms. The predicted molar refractivity (Wildman–Crippen MR) is 116 cm³/mol. The van der Waals surface area contributed by atoms with Gasteiger partial charge in [0.25, 0.3) is 0 Å². The number of hydrogen-bond donors (Lipinski definition) is 2. The van der Waals surface area contributed by atoms with Crippen LogP contribution in [-0.2, 0) is 11.3 Å². The van der Waals surface area contributed by atoms with E-state index in [0.29, 0.717) is 17.9 Å². The highest BCUT2D eigenvalue weighted by Gasteiger charge is 2.09. The molecular formula is C23H24N4O. The summed E-state index contributed by atoms with van der Waals surface area (Å²) in [5.41, 5.74) is 11.0. The van der Waals surface area contributed by atoms with Crippen LogP contribution in [0.25, 0.3) is 12.2 Å². The molecule has 3 rings (SSSR count). The van der Waals surface area contributed by atoms with E-state index in [9.17, 15) is 4.79 Å². The quantitative estimate of drug-likeness (QED) is 0.496. The summed E-state index contributed by atoms with van der Waals surface area (Å²) in [5.74, 6) is -0.228. The minimum atomic E-state index is -0.228. The molecule has 5 nitrogen and oxygen atoms in total. The summed E-state index contributed by atoms with van der Waals surface area (Å²) in [7, 11) is 0. The van der Waals surface area contributed by atoms with Gasteiger partial charge in [-0.1, -0.05) is 54.6 Å². The van der Waals surface area contributed by atoms with Gasteiger partial charge in [0, 0.05) is 17.3 Å². The molecule has 1 amide bonds. The van der Waals surface area contributed by atoms with Crippen molar-refractivity contribution in [1.82, 2.24) is 9.78 Å². The van der Waals surface area contributed by atoms with Gasteiger partial charge in [0.2, 0.25) is 5.91 Å². The Morgan fingerprint density at radius 2 is 1.79 bits per heavy atom. The molecule has 1 aromatic heterocycles. The lowest BCUT2D eigenvalue weighted by Gasteiger charge is -2.05. The van der Waals surface area contributed by atoms with Gasteiger partial charge in [-0.3, -0.25) is 9.48 Å². The number of para-hydroxylation sites is 2. The van der Waals surface area contributed by atoms with Crippen molar-refractivity contribution in [2.45, 2.75) is 20.4 Å². The highest BCUT2D eigenvalue weighted by atomic mass is 16.1. The second kappa shape index (κ2) is 8.86. The fourth-order valence-corrected chi connectivity index (χ4v) is 2.93. The van der Waals surface area contributed by atoms with Crippen LogP contribution in [0.1, 0.15) is 22.5 Å². The third-order valence-electron chi connectivity index (χ3n) is 4.45. The van der Waals surface area contributed by atoms with Crippen LogP contribution in [0.4, 0.5) is 11.4 Å². The zero-order chi connectivity index (χ0) is 19.9. The van der Waals surface area contributed by atoms with E-state index in [1.165, 1.54) is 6.08 Å². The van der Waals surface area contributed by atoms with Gasteiger partial charge in [0.1, 0.15) is 0 Å². The Balaban J connectivity index is 1.67. The van der Waals surface area contributed by atoms with Gasteiger partial charge in [0.15, 0.2) is 0 Å². The Morgan fingerprint density at radius 1 is 1.07 bits per heavy atom. The number of nitrogens with two attached hydrogens (primary N) is 1. The Morgan fingerprint density at radius 3 is 2.54 bits per heavy atom. The number of rotatable bonds is 6. The molecule has 0 spiro atoms. The van der Waals surface area contributed by atoms with Crippen LogP contribution in [0, 0.1) is 13.8 Å². The number of benzene rings is 2. The summed E-state index contributed by atoms with van der Waals surface area (Å²) in [4.78, 5) is 12.2. The first-order chi connectivity index (χ1) is 13.5. The van der Waals surface area contributed by atoms with Crippen LogP contribution in [-0.4, -0.2) is 15.7 Å². The van der Waals surface area contributed by atoms with E-state index < -0.39 is 0 Å². The number of aryl methyl sites for hydroxylation is 1. The molecule has 1 heterocycles. The van der Waals surface area contributed by atoms with Crippen molar-refractivity contribution in [1.29, 1.82) is 0 Å². The fraction of sp³-hybridized carbons (Fsp3) is 0.130. The van der Waals surface area contributed by atoms with Gasteiger partial charge in [-0.05, 0) is 37.6 Å². The minimum absolute atomic E-state index is 0.228. The monoisotopic (exact) mass is 372 g/mol. The highest BCUT2D eigenvalue weighted by Crippen LogP contribution is 2.18. The van der Waals surface area contributed by atoms with E-state index in [1.54, 1.807) is 18.2 Å². The van der Waals surface area contributed by atoms with Crippen molar-refractivity contribution < 1.29 is 4.79 Å². The van der Waals surface area contributed by atoms with Gasteiger partial charge in [-0.25, -0.2) is 0 Å². The standard InChI is InChI=1S/C23H24N4O/c1-17-20(14-15-23(28)25-22-13-7-6-12-21(22)24)18(2)27(26-17)16-8-11-19-9-4-3-5-10-19/h3-15H,16,24H2,1-2H3,(H,25,28)/b11-8?,15-14+. The second-order valence-corrected chi connectivity index (χ2v) is 6.49. The Kier molecular flexibility index (Phi) is 6.07. The molecular weight excluding hydrogens is 348 g/mol. The van der Waals surface area contributed by atoms with E-state index in [4.69, 9.17) is 5.73 Å². The molecule has 0 fully saturated rings. The van der Waals surface area contributed by atoms with Crippen molar-refractivity contribution >= 4 is 29.4 Å². The van der Waals surface area contributed by atoms with Crippen LogP contribution in [0.2, 0.25) is 0 Å². The molecule has 0 aliphatic heterocycles. The van der Waals surface area contributed by atoms with E-state index in [-0.39, 0.29) is 5.91 Å². The topological polar surface area (TPSA) is 72.9 Å². The Hall–Kier alpha value is -3.60. The number of nitrogen functional groups attached to an aromatic ring is 1. The first-order valence-corrected chi connectivity index (χ1v) is 9.14. The minimum Gasteiger partial charge on any atom is -0.397 e. The summed E-state index contributed by atoms with van der Waals surface area (Å²) in [6.07, 6.45) is 7.45. The van der Waals surface area contributed by atoms with Crippen molar-refractivity contribution in [3.63, 3.8) is 0 Å². The van der Waals surface area contributed by atoms with Crippen molar-refractivity contribution in [2.24, 2.45) is 0 Å². The van der Waals surface area contributed by atoms with E-state index in [2.05, 4.69) is 34.7 Å². The number of nitrogens with zero attached hydrogens (tertiary/aromatic N) is 2. The first kappa shape index (κ1) is 19.2. The average Bonchev–Trinajstić information content (AvgIpc) is 2.96. The highest BCUT2D eigenvalue weighted by molar-refractivity contribution is 6.03. The smallest absolute Gasteiger partial charge is 0.248 e. The van der Waals surface area contributed by atoms with Crippen molar-refractivity contribution in [3.8, 4) is 0 Å². The van der Waals surface area contributed by atoms with Gasteiger partial charge < -0.3 is 11.1 Å². The average molecular weight is 372 g/mol. The van der Waals surface area contributed by atoms with Crippen LogP contribution in [0.5, 0.6) is 0 Å². The third kappa shape index (κ3) is 4.76. The molecule has 28 heavy (non-hydrogen) atoms. The maximum Gasteiger partial charge on any atom is 0.248 e. The molecule has 0 unspecified atom stereocenters. The van der Waals surface area contributed by atoms with Gasteiger partial charge in [0.05, 0.1) is 23.6 Å². The van der Waals surface area contributed by atoms with Gasteiger partial charge in [-0.15, -0.1) is 0 Å². The number of carbonyl (C=O) groups excluding carboxylic acids is 1. The summed E-state index contributed by atoms with van der Waals surface area (Å²) >= 11 is 0. The number of nitrogens with one attached hydrogen (secondary N) is 1. The molecule has 0 saturated carbocycles. The second-order valence-electron chi connectivity index (χ2n) is 6.49. The Bertz CT molecular complexity index is 1020. The zero-order valence-corrected chi connectivity index (χ0v) is 16.1. The lowest BCUT2D eigenvalue weighted by Crippen LogP contribution is -2.09. The largest absolute Gasteiger partial charge is 0.397 e. The first-order valence-electron chi connectivity index (χ1n) is 9.14. The molecule has 0 bridgehead atoms. The van der Waals surface area contributed by atoms with Crippen LogP contribution in [0.15, 0.2) is 66.7 Å². The number of hydrogen-bond acceptors (Lipinski definition) is 3. The summed E-state index contributed by atoms with van der Waals surface area (Å²) in [5, 5.41) is 7.37. The number of amides is 1. The molecule has 2 aromatic carbocycles. The van der Waals surface area contributed by atoms with Gasteiger partial charge in [-0.2, -0.15) is 5.10 Å². The number of aromatic nitrogens is 2. The number of allylic oxidation sites excluding steroid dienone is 1. The lowest BCUT2D eigenvalue weighted by atomic mass is 10.2. The molecule has 0 saturated heterocycles. The third-order valence-corrected chi connectivity index (χ3v) is 4.45. The van der Waals surface area contributed by atoms with E-state index in [0.717, 1.165) is 22.5 Å². The number of carbonyl (C=O) groups is 1. The fourth-order valence-electron chi connectivity index (χ4n) is 2.93. The van der Waals surface area contributed by atoms with Crippen LogP contribution < -0.4 is 11.1 Å². The number of anilines is 2.